The molecule has 33 heavy (non-hydrogen) atoms. The molecule has 174 valence electrons. The number of hydrogen-bond donors (Lipinski definition) is 1. The summed E-state index contributed by atoms with van der Waals surface area (Å²) in [5, 5.41) is 2.66. The van der Waals surface area contributed by atoms with E-state index in [9.17, 15) is 17.6 Å². The molecule has 0 aliphatic heterocycles. The van der Waals surface area contributed by atoms with Crippen molar-refractivity contribution in [1.29, 1.82) is 0 Å². The molecule has 0 spiro atoms. The molecule has 0 aromatic heterocycles. The molecule has 0 aliphatic carbocycles. The number of nitrogens with one attached hydrogen (secondary N) is 1. The highest BCUT2D eigenvalue weighted by Gasteiger charge is 2.27. The van der Waals surface area contributed by atoms with Gasteiger partial charge in [-0.2, -0.15) is 0 Å². The van der Waals surface area contributed by atoms with Gasteiger partial charge in [0.25, 0.3) is 10.0 Å². The molecule has 1 amide bonds. The summed E-state index contributed by atoms with van der Waals surface area (Å²) in [5.41, 5.74) is 1.18. The van der Waals surface area contributed by atoms with Crippen LogP contribution < -0.4 is 14.4 Å². The Hall–Kier alpha value is -3.43. The fourth-order valence-electron chi connectivity index (χ4n) is 3.01. The van der Waals surface area contributed by atoms with Crippen LogP contribution in [0, 0.1) is 5.82 Å². The van der Waals surface area contributed by atoms with Gasteiger partial charge in [0.2, 0.25) is 5.91 Å². The lowest BCUT2D eigenvalue weighted by Gasteiger charge is -2.24. The van der Waals surface area contributed by atoms with Crippen molar-refractivity contribution in [2.45, 2.75) is 11.5 Å². The van der Waals surface area contributed by atoms with Crippen LogP contribution in [0.25, 0.3) is 0 Å². The van der Waals surface area contributed by atoms with Crippen LogP contribution in [0.3, 0.4) is 0 Å². The molecule has 0 fully saturated rings. The van der Waals surface area contributed by atoms with Crippen LogP contribution >= 0.6 is 0 Å². The standard InChI is InChI=1S/C24H25FN2O5S/c1-31-22-11-13-23(14-12-22)33(29,30)27(21-9-7-20(25)8-10-21)17-24(28)26-15-16-32-18-19-5-3-2-4-6-19/h2-14H,15-18H2,1H3,(H,26,28). The van der Waals surface area contributed by atoms with Gasteiger partial charge in [-0.15, -0.1) is 0 Å². The van der Waals surface area contributed by atoms with Crippen molar-refractivity contribution in [3.05, 3.63) is 90.2 Å². The third-order valence-electron chi connectivity index (χ3n) is 4.73. The summed E-state index contributed by atoms with van der Waals surface area (Å²) in [6.45, 7) is 0.414. The third-order valence-corrected chi connectivity index (χ3v) is 6.52. The summed E-state index contributed by atoms with van der Waals surface area (Å²) < 4.78 is 51.5. The molecule has 3 aromatic carbocycles. The lowest BCUT2D eigenvalue weighted by Crippen LogP contribution is -2.41. The van der Waals surface area contributed by atoms with Crippen LogP contribution in [0.5, 0.6) is 5.75 Å². The molecule has 3 aromatic rings. The average Bonchev–Trinajstić information content (AvgIpc) is 2.83. The number of methoxy groups -OCH3 is 1. The molecule has 0 saturated carbocycles. The third kappa shape index (κ3) is 6.77. The predicted octanol–water partition coefficient (Wildman–Crippen LogP) is 3.36. The van der Waals surface area contributed by atoms with Crippen molar-refractivity contribution < 1.29 is 27.1 Å². The maximum absolute atomic E-state index is 13.4. The average molecular weight is 473 g/mol. The van der Waals surface area contributed by atoms with Crippen LogP contribution in [0.4, 0.5) is 10.1 Å². The number of nitrogens with zero attached hydrogens (tertiary/aromatic N) is 1. The van der Waals surface area contributed by atoms with Gasteiger partial charge in [0.05, 0.1) is 30.9 Å². The molecule has 0 radical (unpaired) electrons. The van der Waals surface area contributed by atoms with Gasteiger partial charge in [-0.3, -0.25) is 9.10 Å². The molecular weight excluding hydrogens is 447 g/mol. The quantitative estimate of drug-likeness (QED) is 0.433. The Morgan fingerprint density at radius 2 is 1.64 bits per heavy atom. The predicted molar refractivity (Wildman–Crippen MR) is 123 cm³/mol. The molecule has 0 bridgehead atoms. The van der Waals surface area contributed by atoms with Gasteiger partial charge in [-0.05, 0) is 54.1 Å². The largest absolute Gasteiger partial charge is 0.497 e. The van der Waals surface area contributed by atoms with E-state index in [1.165, 1.54) is 43.5 Å². The number of benzene rings is 3. The van der Waals surface area contributed by atoms with Crippen LogP contribution in [-0.2, 0) is 26.2 Å². The zero-order valence-corrected chi connectivity index (χ0v) is 18.9. The number of carbonyl (C=O) groups excluding carboxylic acids is 1. The fourth-order valence-corrected chi connectivity index (χ4v) is 4.43. The second-order valence-corrected chi connectivity index (χ2v) is 8.91. The smallest absolute Gasteiger partial charge is 0.264 e. The second-order valence-electron chi connectivity index (χ2n) is 7.05. The molecule has 7 nitrogen and oxygen atoms in total. The van der Waals surface area contributed by atoms with E-state index in [-0.39, 0.29) is 23.7 Å². The number of hydrogen-bond acceptors (Lipinski definition) is 5. The molecule has 0 atom stereocenters. The van der Waals surface area contributed by atoms with E-state index in [4.69, 9.17) is 9.47 Å². The number of anilines is 1. The molecule has 0 aliphatic rings. The fraction of sp³-hybridized carbons (Fsp3) is 0.208. The molecule has 0 heterocycles. The van der Waals surface area contributed by atoms with Gasteiger partial charge in [0.1, 0.15) is 18.1 Å². The summed E-state index contributed by atoms with van der Waals surface area (Å²) >= 11 is 0. The number of amides is 1. The summed E-state index contributed by atoms with van der Waals surface area (Å²) in [6.07, 6.45) is 0. The number of carbonyl (C=O) groups is 1. The molecule has 0 saturated heterocycles. The molecule has 0 unspecified atom stereocenters. The Morgan fingerprint density at radius 3 is 2.27 bits per heavy atom. The first-order valence-electron chi connectivity index (χ1n) is 10.2. The number of halogens is 1. The van der Waals surface area contributed by atoms with Crippen LogP contribution in [0.1, 0.15) is 5.56 Å². The summed E-state index contributed by atoms with van der Waals surface area (Å²) in [7, 11) is -2.62. The van der Waals surface area contributed by atoms with Crippen molar-refractivity contribution >= 4 is 21.6 Å². The number of ether oxygens (including phenoxy) is 2. The lowest BCUT2D eigenvalue weighted by molar-refractivity contribution is -0.119. The van der Waals surface area contributed by atoms with E-state index in [2.05, 4.69) is 5.32 Å². The van der Waals surface area contributed by atoms with Crippen LogP contribution in [0.15, 0.2) is 83.8 Å². The SMILES string of the molecule is COc1ccc(S(=O)(=O)N(CC(=O)NCCOCc2ccccc2)c2ccc(F)cc2)cc1. The van der Waals surface area contributed by atoms with Gasteiger partial charge in [-0.25, -0.2) is 12.8 Å². The van der Waals surface area contributed by atoms with Crippen molar-refractivity contribution in [1.82, 2.24) is 5.32 Å². The Kier molecular flexibility index (Phi) is 8.39. The van der Waals surface area contributed by atoms with Crippen molar-refractivity contribution in [2.24, 2.45) is 0 Å². The first kappa shape index (κ1) is 24.2. The normalized spacial score (nSPS) is 11.1. The molecule has 9 heteroatoms. The highest BCUT2D eigenvalue weighted by molar-refractivity contribution is 7.92. The van der Waals surface area contributed by atoms with Crippen molar-refractivity contribution in [3.8, 4) is 5.75 Å². The minimum Gasteiger partial charge on any atom is -0.497 e. The monoisotopic (exact) mass is 472 g/mol. The maximum atomic E-state index is 13.4. The van der Waals surface area contributed by atoms with Crippen LogP contribution in [-0.4, -0.2) is 41.1 Å². The highest BCUT2D eigenvalue weighted by atomic mass is 32.2. The van der Waals surface area contributed by atoms with E-state index < -0.39 is 28.3 Å². The Labute approximate surface area is 192 Å². The topological polar surface area (TPSA) is 84.9 Å². The maximum Gasteiger partial charge on any atom is 0.264 e. The van der Waals surface area contributed by atoms with Gasteiger partial charge < -0.3 is 14.8 Å². The summed E-state index contributed by atoms with van der Waals surface area (Å²) in [4.78, 5) is 12.5. The Bertz CT molecular complexity index is 1140. The van der Waals surface area contributed by atoms with Crippen molar-refractivity contribution in [2.75, 3.05) is 31.1 Å². The Balaban J connectivity index is 1.66. The molecule has 1 N–H and O–H groups in total. The molecule has 3 rings (SSSR count). The van der Waals surface area contributed by atoms with Gasteiger partial charge in [0.15, 0.2) is 0 Å². The van der Waals surface area contributed by atoms with Crippen LogP contribution in [0.2, 0.25) is 0 Å². The first-order chi connectivity index (χ1) is 15.9. The van der Waals surface area contributed by atoms with Gasteiger partial charge in [0, 0.05) is 6.54 Å². The van der Waals surface area contributed by atoms with Gasteiger partial charge >= 0.3 is 0 Å². The minimum absolute atomic E-state index is 0.0216. The highest BCUT2D eigenvalue weighted by Crippen LogP contribution is 2.25. The first-order valence-corrected chi connectivity index (χ1v) is 11.6. The Morgan fingerprint density at radius 1 is 0.970 bits per heavy atom. The zero-order chi connectivity index (χ0) is 23.7. The second kappa shape index (κ2) is 11.4. The molecular formula is C24H25FN2O5S. The lowest BCUT2D eigenvalue weighted by atomic mass is 10.2. The number of rotatable bonds is 11. The van der Waals surface area contributed by atoms with Crippen molar-refractivity contribution in [3.63, 3.8) is 0 Å². The summed E-state index contributed by atoms with van der Waals surface area (Å²) in [5.74, 6) is -0.532. The summed E-state index contributed by atoms with van der Waals surface area (Å²) in [6, 6.07) is 20.3. The van der Waals surface area contributed by atoms with E-state index in [1.807, 2.05) is 30.3 Å². The minimum atomic E-state index is -4.10. The van der Waals surface area contributed by atoms with E-state index in [1.54, 1.807) is 0 Å². The van der Waals surface area contributed by atoms with E-state index >= 15 is 0 Å². The van der Waals surface area contributed by atoms with Gasteiger partial charge in [-0.1, -0.05) is 30.3 Å². The van der Waals surface area contributed by atoms with E-state index in [0.29, 0.717) is 12.4 Å². The van der Waals surface area contributed by atoms with E-state index in [0.717, 1.165) is 22.0 Å². The number of sulfonamides is 1. The zero-order valence-electron chi connectivity index (χ0n) is 18.1.